The van der Waals surface area contributed by atoms with Gasteiger partial charge >= 0.3 is 10.4 Å². The lowest BCUT2D eigenvalue weighted by Gasteiger charge is -2.31. The summed E-state index contributed by atoms with van der Waals surface area (Å²) >= 11 is 0. The Hall–Kier alpha value is -0.250. The molecule has 0 spiro atoms. The van der Waals surface area contributed by atoms with Crippen molar-refractivity contribution in [3.05, 3.63) is 0 Å². The molecule has 1 aliphatic heterocycles. The Morgan fingerprint density at radius 3 is 2.64 bits per heavy atom. The highest BCUT2D eigenvalue weighted by molar-refractivity contribution is 7.80. The highest BCUT2D eigenvalue weighted by atomic mass is 32.3. The molecule has 0 aliphatic carbocycles. The SMILES string of the molecule is O=S(=O)(O)OC1C[C@H](CO)OCC1O. The van der Waals surface area contributed by atoms with Gasteiger partial charge in [0.2, 0.25) is 0 Å². The third-order valence-corrected chi connectivity index (χ3v) is 2.37. The van der Waals surface area contributed by atoms with E-state index in [0.717, 1.165) is 0 Å². The molecule has 0 aromatic heterocycles. The molecule has 8 heteroatoms. The van der Waals surface area contributed by atoms with Gasteiger partial charge in [-0.05, 0) is 0 Å². The summed E-state index contributed by atoms with van der Waals surface area (Å²) in [6, 6.07) is 0. The van der Waals surface area contributed by atoms with Crippen molar-refractivity contribution in [1.82, 2.24) is 0 Å². The molecule has 3 atom stereocenters. The van der Waals surface area contributed by atoms with E-state index in [0.29, 0.717) is 0 Å². The maximum atomic E-state index is 10.4. The summed E-state index contributed by atoms with van der Waals surface area (Å²) in [5.74, 6) is 0. The molecule has 0 saturated carbocycles. The fourth-order valence-electron chi connectivity index (χ4n) is 1.21. The van der Waals surface area contributed by atoms with Crippen molar-refractivity contribution in [1.29, 1.82) is 0 Å². The van der Waals surface area contributed by atoms with Gasteiger partial charge in [0.05, 0.1) is 19.3 Å². The first kappa shape index (κ1) is 11.8. The van der Waals surface area contributed by atoms with E-state index in [1.165, 1.54) is 0 Å². The van der Waals surface area contributed by atoms with Crippen LogP contribution in [0.4, 0.5) is 0 Å². The van der Waals surface area contributed by atoms with Gasteiger partial charge in [0.15, 0.2) is 0 Å². The van der Waals surface area contributed by atoms with Crippen LogP contribution in [-0.4, -0.2) is 54.7 Å². The maximum absolute atomic E-state index is 10.4. The third kappa shape index (κ3) is 3.48. The molecule has 1 saturated heterocycles. The topological polar surface area (TPSA) is 113 Å². The summed E-state index contributed by atoms with van der Waals surface area (Å²) in [5.41, 5.74) is 0. The highest BCUT2D eigenvalue weighted by Gasteiger charge is 2.33. The van der Waals surface area contributed by atoms with Crippen molar-refractivity contribution >= 4 is 10.4 Å². The van der Waals surface area contributed by atoms with Crippen LogP contribution in [0.15, 0.2) is 0 Å². The molecule has 1 aliphatic rings. The van der Waals surface area contributed by atoms with Gasteiger partial charge in [-0.2, -0.15) is 8.42 Å². The predicted octanol–water partition coefficient (Wildman–Crippen LogP) is -1.68. The monoisotopic (exact) mass is 228 g/mol. The number of ether oxygens (including phenoxy) is 1. The molecule has 1 fully saturated rings. The average Bonchev–Trinajstić information content (AvgIpc) is 2.06. The van der Waals surface area contributed by atoms with Gasteiger partial charge in [0, 0.05) is 6.42 Å². The van der Waals surface area contributed by atoms with Crippen molar-refractivity contribution in [2.75, 3.05) is 13.2 Å². The Labute approximate surface area is 81.2 Å². The minimum absolute atomic E-state index is 0.0114. The lowest BCUT2D eigenvalue weighted by molar-refractivity contribution is -0.124. The molecular weight excluding hydrogens is 216 g/mol. The molecule has 3 N–H and O–H groups in total. The van der Waals surface area contributed by atoms with Gasteiger partial charge < -0.3 is 14.9 Å². The van der Waals surface area contributed by atoms with Crippen molar-refractivity contribution < 1.29 is 32.1 Å². The van der Waals surface area contributed by atoms with Crippen LogP contribution in [0, 0.1) is 0 Å². The Kier molecular flexibility index (Phi) is 3.81. The van der Waals surface area contributed by atoms with Crippen LogP contribution in [0.3, 0.4) is 0 Å². The zero-order valence-electron chi connectivity index (χ0n) is 7.24. The van der Waals surface area contributed by atoms with Crippen LogP contribution in [0.5, 0.6) is 0 Å². The average molecular weight is 228 g/mol. The standard InChI is InChI=1S/C6H12O7S/c7-2-4-1-6(5(8)3-12-4)13-14(9,10)11/h4-8H,1-3H2,(H,9,10,11)/t4-,5?,6?/m1/s1. The molecule has 0 aromatic rings. The zero-order chi connectivity index (χ0) is 10.8. The quantitative estimate of drug-likeness (QED) is 0.494. The van der Waals surface area contributed by atoms with Crippen LogP contribution >= 0.6 is 0 Å². The van der Waals surface area contributed by atoms with Crippen molar-refractivity contribution in [2.24, 2.45) is 0 Å². The summed E-state index contributed by atoms with van der Waals surface area (Å²) in [5, 5.41) is 18.0. The highest BCUT2D eigenvalue weighted by Crippen LogP contribution is 2.18. The molecule has 1 heterocycles. The van der Waals surface area contributed by atoms with E-state index in [4.69, 9.17) is 14.4 Å². The van der Waals surface area contributed by atoms with Gasteiger partial charge in [0.25, 0.3) is 0 Å². The van der Waals surface area contributed by atoms with Crippen molar-refractivity contribution in [2.45, 2.75) is 24.7 Å². The molecular formula is C6H12O7S. The van der Waals surface area contributed by atoms with Crippen molar-refractivity contribution in [3.63, 3.8) is 0 Å². The van der Waals surface area contributed by atoms with Gasteiger partial charge in [-0.15, -0.1) is 0 Å². The van der Waals surface area contributed by atoms with Gasteiger partial charge in [0.1, 0.15) is 12.2 Å². The number of aliphatic hydroxyl groups excluding tert-OH is 2. The number of aliphatic hydroxyl groups is 2. The molecule has 0 radical (unpaired) electrons. The maximum Gasteiger partial charge on any atom is 0.397 e. The summed E-state index contributed by atoms with van der Waals surface area (Å²) < 4.78 is 38.2. The Morgan fingerprint density at radius 2 is 2.14 bits per heavy atom. The van der Waals surface area contributed by atoms with E-state index >= 15 is 0 Å². The van der Waals surface area contributed by atoms with E-state index in [9.17, 15) is 13.5 Å². The summed E-state index contributed by atoms with van der Waals surface area (Å²) in [6.45, 7) is -0.427. The van der Waals surface area contributed by atoms with Gasteiger partial charge in [-0.25, -0.2) is 4.18 Å². The Bertz CT molecular complexity index is 274. The number of hydrogen-bond donors (Lipinski definition) is 3. The Morgan fingerprint density at radius 1 is 1.50 bits per heavy atom. The van der Waals surface area contributed by atoms with Crippen LogP contribution in [0.1, 0.15) is 6.42 Å². The molecule has 0 aromatic carbocycles. The largest absolute Gasteiger partial charge is 0.397 e. The van der Waals surface area contributed by atoms with E-state index in [-0.39, 0.29) is 19.6 Å². The first-order valence-electron chi connectivity index (χ1n) is 3.98. The minimum Gasteiger partial charge on any atom is -0.394 e. The number of rotatable bonds is 3. The van der Waals surface area contributed by atoms with E-state index < -0.39 is 28.7 Å². The summed E-state index contributed by atoms with van der Waals surface area (Å²) in [7, 11) is -4.59. The first-order valence-corrected chi connectivity index (χ1v) is 5.35. The molecule has 0 amide bonds. The lowest BCUT2D eigenvalue weighted by Crippen LogP contribution is -2.44. The first-order chi connectivity index (χ1) is 6.42. The normalized spacial score (nSPS) is 34.4. The smallest absolute Gasteiger partial charge is 0.394 e. The molecule has 7 nitrogen and oxygen atoms in total. The number of hydrogen-bond acceptors (Lipinski definition) is 6. The fourth-order valence-corrected chi connectivity index (χ4v) is 1.73. The van der Waals surface area contributed by atoms with Crippen LogP contribution in [0.2, 0.25) is 0 Å². The second-order valence-corrected chi connectivity index (χ2v) is 4.05. The van der Waals surface area contributed by atoms with E-state index in [1.54, 1.807) is 0 Å². The second-order valence-electron chi connectivity index (χ2n) is 3.00. The van der Waals surface area contributed by atoms with Crippen LogP contribution < -0.4 is 0 Å². The molecule has 2 unspecified atom stereocenters. The molecule has 14 heavy (non-hydrogen) atoms. The fraction of sp³-hybridized carbons (Fsp3) is 1.00. The van der Waals surface area contributed by atoms with Crippen LogP contribution in [0.25, 0.3) is 0 Å². The van der Waals surface area contributed by atoms with Gasteiger partial charge in [-0.1, -0.05) is 0 Å². The lowest BCUT2D eigenvalue weighted by atomic mass is 10.0. The zero-order valence-corrected chi connectivity index (χ0v) is 8.05. The summed E-state index contributed by atoms with van der Waals surface area (Å²) in [6.07, 6.45) is -2.77. The third-order valence-electron chi connectivity index (χ3n) is 1.88. The second kappa shape index (κ2) is 4.51. The predicted molar refractivity (Wildman–Crippen MR) is 43.9 cm³/mol. The van der Waals surface area contributed by atoms with E-state index in [1.807, 2.05) is 0 Å². The summed E-state index contributed by atoms with van der Waals surface area (Å²) in [4.78, 5) is 0. The van der Waals surface area contributed by atoms with Gasteiger partial charge in [-0.3, -0.25) is 4.55 Å². The molecule has 1 rings (SSSR count). The van der Waals surface area contributed by atoms with E-state index in [2.05, 4.69) is 4.18 Å². The Balaban J connectivity index is 2.57. The van der Waals surface area contributed by atoms with Crippen molar-refractivity contribution in [3.8, 4) is 0 Å². The molecule has 84 valence electrons. The minimum atomic E-state index is -4.59. The van der Waals surface area contributed by atoms with Crippen LogP contribution in [-0.2, 0) is 19.3 Å². The molecule has 0 bridgehead atoms.